The van der Waals surface area contributed by atoms with Gasteiger partial charge < -0.3 is 0 Å². The maximum absolute atomic E-state index is 11.3. The van der Waals surface area contributed by atoms with Crippen molar-refractivity contribution in [3.8, 4) is 0 Å². The van der Waals surface area contributed by atoms with E-state index in [4.69, 9.17) is 0 Å². The van der Waals surface area contributed by atoms with Gasteiger partial charge in [0.2, 0.25) is 0 Å². The van der Waals surface area contributed by atoms with Crippen LogP contribution in [0.25, 0.3) is 0 Å². The first-order valence-electron chi connectivity index (χ1n) is 9.06. The molecule has 3 rings (SSSR count). The number of nitrogens with zero attached hydrogens (tertiary/aromatic N) is 4. The first kappa shape index (κ1) is 17.8. The summed E-state index contributed by atoms with van der Waals surface area (Å²) in [6.07, 6.45) is 3.12. The van der Waals surface area contributed by atoms with Crippen molar-refractivity contribution in [2.75, 3.05) is 19.6 Å². The molecule has 0 spiro atoms. The largest absolute Gasteiger partial charge is 0.340 e. The molecule has 2 N–H and O–H groups in total. The van der Waals surface area contributed by atoms with Crippen molar-refractivity contribution in [3.05, 3.63) is 45.9 Å². The van der Waals surface area contributed by atoms with Crippen molar-refractivity contribution in [1.29, 1.82) is 0 Å². The van der Waals surface area contributed by atoms with Gasteiger partial charge in [-0.3, -0.25) is 19.8 Å². The van der Waals surface area contributed by atoms with Crippen molar-refractivity contribution in [1.82, 2.24) is 30.0 Å². The van der Waals surface area contributed by atoms with Gasteiger partial charge in [-0.05, 0) is 24.5 Å². The zero-order valence-corrected chi connectivity index (χ0v) is 15.3. The smallest absolute Gasteiger partial charge is 0.296 e. The fourth-order valence-corrected chi connectivity index (χ4v) is 3.48. The van der Waals surface area contributed by atoms with Gasteiger partial charge in [-0.2, -0.15) is 5.10 Å². The molecule has 2 aromatic rings. The highest BCUT2D eigenvalue weighted by molar-refractivity contribution is 5.13. The molecule has 1 saturated heterocycles. The van der Waals surface area contributed by atoms with Crippen LogP contribution >= 0.6 is 0 Å². The third-order valence-electron chi connectivity index (χ3n) is 5.20. The molecule has 1 fully saturated rings. The number of piperazine rings is 1. The lowest BCUT2D eigenvalue weighted by Gasteiger charge is -2.43. The van der Waals surface area contributed by atoms with E-state index < -0.39 is 0 Å². The van der Waals surface area contributed by atoms with Crippen LogP contribution in [0.2, 0.25) is 0 Å². The number of H-pyrrole nitrogens is 2. The maximum Gasteiger partial charge on any atom is 0.340 e. The van der Waals surface area contributed by atoms with Crippen molar-refractivity contribution in [2.24, 2.45) is 5.92 Å². The first-order chi connectivity index (χ1) is 12.0. The fourth-order valence-electron chi connectivity index (χ4n) is 3.48. The van der Waals surface area contributed by atoms with Crippen molar-refractivity contribution in [2.45, 2.75) is 46.3 Å². The molecule has 0 unspecified atom stereocenters. The van der Waals surface area contributed by atoms with Gasteiger partial charge in [0.05, 0.1) is 6.54 Å². The predicted octanol–water partition coefficient (Wildman–Crippen LogP) is 1.53. The van der Waals surface area contributed by atoms with E-state index in [9.17, 15) is 4.79 Å². The van der Waals surface area contributed by atoms with Crippen LogP contribution in [-0.4, -0.2) is 55.6 Å². The minimum Gasteiger partial charge on any atom is -0.296 e. The Balaban J connectivity index is 1.66. The molecule has 3 heterocycles. The van der Waals surface area contributed by atoms with Gasteiger partial charge in [-0.15, -0.1) is 0 Å². The molecule has 25 heavy (non-hydrogen) atoms. The van der Waals surface area contributed by atoms with Crippen LogP contribution in [0.1, 0.15) is 37.4 Å². The Labute approximate surface area is 148 Å². The SMILES string of the molecule is CC[C@@H](C)[C@H]1CN(Cc2ccc(C)nc2)CCN1Cc1n[nH]c(=O)[nH]1. The summed E-state index contributed by atoms with van der Waals surface area (Å²) in [4.78, 5) is 23.4. The van der Waals surface area contributed by atoms with Crippen LogP contribution in [-0.2, 0) is 13.1 Å². The molecular weight excluding hydrogens is 316 g/mol. The van der Waals surface area contributed by atoms with Crippen LogP contribution in [0.4, 0.5) is 0 Å². The minimum atomic E-state index is -0.236. The van der Waals surface area contributed by atoms with Gasteiger partial charge in [-0.25, -0.2) is 9.89 Å². The van der Waals surface area contributed by atoms with Gasteiger partial charge in [-0.1, -0.05) is 26.3 Å². The normalized spacial score (nSPS) is 20.7. The number of aromatic amines is 2. The summed E-state index contributed by atoms with van der Waals surface area (Å²) in [5, 5.41) is 6.52. The lowest BCUT2D eigenvalue weighted by atomic mass is 9.95. The summed E-state index contributed by atoms with van der Waals surface area (Å²) in [5.41, 5.74) is 2.08. The summed E-state index contributed by atoms with van der Waals surface area (Å²) in [7, 11) is 0. The van der Waals surface area contributed by atoms with Gasteiger partial charge >= 0.3 is 5.69 Å². The molecule has 0 aromatic carbocycles. The number of rotatable bonds is 6. The molecule has 7 nitrogen and oxygen atoms in total. The Bertz CT molecular complexity index is 722. The summed E-state index contributed by atoms with van der Waals surface area (Å²) in [6.45, 7) is 11.2. The number of hydrogen-bond donors (Lipinski definition) is 2. The van der Waals surface area contributed by atoms with Crippen molar-refractivity contribution in [3.63, 3.8) is 0 Å². The molecule has 2 aromatic heterocycles. The Morgan fingerprint density at radius 1 is 1.32 bits per heavy atom. The third kappa shape index (κ3) is 4.55. The molecule has 7 heteroatoms. The average Bonchev–Trinajstić information content (AvgIpc) is 3.02. The third-order valence-corrected chi connectivity index (χ3v) is 5.20. The minimum absolute atomic E-state index is 0.236. The molecule has 2 atom stereocenters. The van der Waals surface area contributed by atoms with E-state index in [-0.39, 0.29) is 5.69 Å². The van der Waals surface area contributed by atoms with E-state index in [0.29, 0.717) is 18.5 Å². The number of aromatic nitrogens is 4. The molecule has 0 saturated carbocycles. The summed E-state index contributed by atoms with van der Waals surface area (Å²) in [5.74, 6) is 1.30. The lowest BCUT2D eigenvalue weighted by Crippen LogP contribution is -2.54. The van der Waals surface area contributed by atoms with Crippen molar-refractivity contribution >= 4 is 0 Å². The standard InChI is InChI=1S/C18H28N6O/c1-4-13(2)16-11-23(10-15-6-5-14(3)19-9-15)7-8-24(16)12-17-20-18(25)22-21-17/h5-6,9,13,16H,4,7-8,10-12H2,1-3H3,(H2,20,21,22,25)/t13-,16-/m1/s1. The van der Waals surface area contributed by atoms with Crippen LogP contribution in [0.15, 0.2) is 23.1 Å². The monoisotopic (exact) mass is 344 g/mol. The van der Waals surface area contributed by atoms with E-state index >= 15 is 0 Å². The number of nitrogens with one attached hydrogen (secondary N) is 2. The Morgan fingerprint density at radius 3 is 2.80 bits per heavy atom. The molecule has 136 valence electrons. The molecule has 0 aliphatic carbocycles. The fraction of sp³-hybridized carbons (Fsp3) is 0.611. The highest BCUT2D eigenvalue weighted by Gasteiger charge is 2.30. The van der Waals surface area contributed by atoms with Gasteiger partial charge in [0.1, 0.15) is 5.82 Å². The van der Waals surface area contributed by atoms with E-state index in [1.165, 1.54) is 5.56 Å². The average molecular weight is 344 g/mol. The van der Waals surface area contributed by atoms with Gasteiger partial charge in [0.25, 0.3) is 0 Å². The van der Waals surface area contributed by atoms with E-state index in [1.807, 2.05) is 13.1 Å². The van der Waals surface area contributed by atoms with Crippen LogP contribution < -0.4 is 5.69 Å². The second-order valence-electron chi connectivity index (χ2n) is 7.09. The lowest BCUT2D eigenvalue weighted by molar-refractivity contribution is 0.0337. The molecule has 1 aliphatic heterocycles. The topological polar surface area (TPSA) is 80.9 Å². The van der Waals surface area contributed by atoms with Crippen molar-refractivity contribution < 1.29 is 0 Å². The van der Waals surface area contributed by atoms with E-state index in [0.717, 1.165) is 44.1 Å². The van der Waals surface area contributed by atoms with Crippen LogP contribution in [0.5, 0.6) is 0 Å². The highest BCUT2D eigenvalue weighted by Crippen LogP contribution is 2.22. The molecular formula is C18H28N6O. The number of hydrogen-bond acceptors (Lipinski definition) is 5. The number of aryl methyl sites for hydroxylation is 1. The van der Waals surface area contributed by atoms with Gasteiger partial charge in [0, 0.05) is 44.1 Å². The Morgan fingerprint density at radius 2 is 2.16 bits per heavy atom. The number of pyridine rings is 1. The predicted molar refractivity (Wildman–Crippen MR) is 97.1 cm³/mol. The molecule has 0 radical (unpaired) electrons. The molecule has 0 bridgehead atoms. The molecule has 1 aliphatic rings. The second-order valence-corrected chi connectivity index (χ2v) is 7.09. The maximum atomic E-state index is 11.3. The highest BCUT2D eigenvalue weighted by atomic mass is 16.1. The quantitative estimate of drug-likeness (QED) is 0.831. The van der Waals surface area contributed by atoms with Crippen LogP contribution in [0.3, 0.4) is 0 Å². The first-order valence-corrected chi connectivity index (χ1v) is 9.06. The zero-order chi connectivity index (χ0) is 17.8. The summed E-state index contributed by atoms with van der Waals surface area (Å²) >= 11 is 0. The Kier molecular flexibility index (Phi) is 5.65. The zero-order valence-electron chi connectivity index (χ0n) is 15.3. The van der Waals surface area contributed by atoms with Gasteiger partial charge in [0.15, 0.2) is 0 Å². The summed E-state index contributed by atoms with van der Waals surface area (Å²) < 4.78 is 0. The van der Waals surface area contributed by atoms with Crippen LogP contribution in [0, 0.1) is 12.8 Å². The van der Waals surface area contributed by atoms with E-state index in [1.54, 1.807) is 0 Å². The Hall–Kier alpha value is -1.99. The second kappa shape index (κ2) is 7.93. The molecule has 0 amide bonds. The summed E-state index contributed by atoms with van der Waals surface area (Å²) in [6, 6.07) is 4.70. The van der Waals surface area contributed by atoms with E-state index in [2.05, 4.69) is 55.9 Å².